The van der Waals surface area contributed by atoms with Gasteiger partial charge in [0.15, 0.2) is 5.82 Å². The van der Waals surface area contributed by atoms with Crippen LogP contribution in [0.25, 0.3) is 5.82 Å². The van der Waals surface area contributed by atoms with Crippen LogP contribution < -0.4 is 5.32 Å². The number of hydrogen-bond donors (Lipinski definition) is 1. The molecule has 2 aliphatic heterocycles. The molecule has 180 valence electrons. The number of halogens is 2. The largest absolute Gasteiger partial charge is 0.457 e. The lowest BCUT2D eigenvalue weighted by molar-refractivity contribution is 0.0379. The van der Waals surface area contributed by atoms with Gasteiger partial charge in [-0.25, -0.2) is 23.2 Å². The van der Waals surface area contributed by atoms with Gasteiger partial charge in [0.25, 0.3) is 6.43 Å². The van der Waals surface area contributed by atoms with Crippen molar-refractivity contribution in [2.24, 2.45) is 0 Å². The fraction of sp³-hybridized carbons (Fsp3) is 0.360. The van der Waals surface area contributed by atoms with Gasteiger partial charge in [-0.15, -0.1) is 0 Å². The highest BCUT2D eigenvalue weighted by Crippen LogP contribution is 2.31. The molecule has 0 amide bonds. The third-order valence-electron chi connectivity index (χ3n) is 6.69. The third-order valence-corrected chi connectivity index (χ3v) is 6.69. The van der Waals surface area contributed by atoms with Gasteiger partial charge in [0.1, 0.15) is 12.7 Å². The number of ether oxygens (including phenoxy) is 1. The zero-order valence-electron chi connectivity index (χ0n) is 19.3. The first-order chi connectivity index (χ1) is 16.8. The van der Waals surface area contributed by atoms with Crippen molar-refractivity contribution in [1.82, 2.24) is 25.0 Å². The molecule has 0 bridgehead atoms. The van der Waals surface area contributed by atoms with Gasteiger partial charge in [0.05, 0.1) is 23.4 Å². The van der Waals surface area contributed by atoms with Gasteiger partial charge in [0.2, 0.25) is 0 Å². The normalized spacial score (nSPS) is 20.1. The minimum Gasteiger partial charge on any atom is -0.457 e. The summed E-state index contributed by atoms with van der Waals surface area (Å²) in [5, 5.41) is 16.6. The van der Waals surface area contributed by atoms with E-state index in [2.05, 4.69) is 21.5 Å². The number of piperazine rings is 1. The summed E-state index contributed by atoms with van der Waals surface area (Å²) >= 11 is 0. The van der Waals surface area contributed by atoms with Gasteiger partial charge in [-0.2, -0.15) is 10.4 Å². The molecule has 4 heterocycles. The Balaban J connectivity index is 1.37. The second kappa shape index (κ2) is 9.17. The molecule has 2 aliphatic rings. The van der Waals surface area contributed by atoms with E-state index in [4.69, 9.17) is 10.00 Å². The van der Waals surface area contributed by atoms with E-state index in [9.17, 15) is 13.6 Å². The fourth-order valence-corrected chi connectivity index (χ4v) is 4.80. The van der Waals surface area contributed by atoms with Crippen LogP contribution in [0.2, 0.25) is 0 Å². The monoisotopic (exact) mass is 478 g/mol. The maximum atomic E-state index is 13.8. The molecule has 0 radical (unpaired) electrons. The molecule has 8 nitrogen and oxygen atoms in total. The second-order valence-corrected chi connectivity index (χ2v) is 9.00. The average Bonchev–Trinajstić information content (AvgIpc) is 3.46. The van der Waals surface area contributed by atoms with Gasteiger partial charge < -0.3 is 4.74 Å². The molecule has 1 fully saturated rings. The first-order valence-electron chi connectivity index (χ1n) is 11.3. The number of alkyl halides is 2. The van der Waals surface area contributed by atoms with Crippen molar-refractivity contribution in [3.05, 3.63) is 75.7 Å². The molecule has 1 aromatic carbocycles. The number of esters is 1. The van der Waals surface area contributed by atoms with Crippen LogP contribution in [0.4, 0.5) is 8.78 Å². The van der Waals surface area contributed by atoms with Gasteiger partial charge in [-0.1, -0.05) is 6.07 Å². The highest BCUT2D eigenvalue weighted by atomic mass is 19.3. The predicted octanol–water partition coefficient (Wildman–Crippen LogP) is 3.21. The van der Waals surface area contributed by atoms with E-state index in [-0.39, 0.29) is 25.2 Å². The summed E-state index contributed by atoms with van der Waals surface area (Å²) < 4.78 is 34.4. The van der Waals surface area contributed by atoms with Gasteiger partial charge in [-0.05, 0) is 42.7 Å². The number of carbonyl (C=O) groups is 1. The number of nitrogens with zero attached hydrogens (tertiary/aromatic N) is 5. The molecule has 35 heavy (non-hydrogen) atoms. The molecule has 10 heteroatoms. The van der Waals surface area contributed by atoms with Crippen LogP contribution in [0.5, 0.6) is 0 Å². The second-order valence-electron chi connectivity index (χ2n) is 9.00. The molecule has 2 atom stereocenters. The number of aryl methyl sites for hydroxylation is 1. The summed E-state index contributed by atoms with van der Waals surface area (Å²) in [6.45, 7) is 5.12. The number of carbonyl (C=O) groups excluding carboxylic acids is 1. The minimum absolute atomic E-state index is 0.194. The summed E-state index contributed by atoms with van der Waals surface area (Å²) in [5.41, 5.74) is 5.34. The van der Waals surface area contributed by atoms with Crippen molar-refractivity contribution >= 4 is 5.97 Å². The Kier molecular flexibility index (Phi) is 6.05. The number of hydrogen-bond acceptors (Lipinski definition) is 7. The Hall–Kier alpha value is -3.68. The summed E-state index contributed by atoms with van der Waals surface area (Å²) in [5.74, 6) is 0.240. The van der Waals surface area contributed by atoms with Gasteiger partial charge >= 0.3 is 5.97 Å². The first-order valence-corrected chi connectivity index (χ1v) is 11.3. The van der Waals surface area contributed by atoms with E-state index in [1.54, 1.807) is 23.0 Å². The van der Waals surface area contributed by atoms with E-state index < -0.39 is 12.5 Å². The highest BCUT2D eigenvalue weighted by Gasteiger charge is 2.35. The Morgan fingerprint density at radius 3 is 2.86 bits per heavy atom. The molecular formula is C25H24F2N6O2. The van der Waals surface area contributed by atoms with E-state index in [1.807, 2.05) is 31.0 Å². The standard InChI is InChI=1S/C25H24F2N6O2/c1-14-5-23(29-8-17(14)6-28)33-10-16(7-30-33)9-32-11-21(31-22(12-32)24(26)27)18-3-4-19-20(15(18)2)13-35-25(19)34/h3-5,7-8,10,21-22,24,31H,9,11-13H2,1-2H3. The molecule has 1 N–H and O–H groups in total. The molecule has 2 unspecified atom stereocenters. The smallest absolute Gasteiger partial charge is 0.338 e. The SMILES string of the molecule is Cc1cc(-n2cc(CN3CC(c4ccc5c(c4C)COC5=O)NC(C(F)F)C3)cn2)ncc1C#N. The van der Waals surface area contributed by atoms with Crippen LogP contribution in [0.3, 0.4) is 0 Å². The lowest BCUT2D eigenvalue weighted by Crippen LogP contribution is -2.55. The van der Waals surface area contributed by atoms with E-state index >= 15 is 0 Å². The van der Waals surface area contributed by atoms with E-state index in [0.29, 0.717) is 30.0 Å². The molecule has 0 saturated carbocycles. The number of aromatic nitrogens is 3. The lowest BCUT2D eigenvalue weighted by Gasteiger charge is -2.39. The maximum absolute atomic E-state index is 13.8. The van der Waals surface area contributed by atoms with Crippen molar-refractivity contribution in [3.8, 4) is 11.9 Å². The Morgan fingerprint density at radius 2 is 2.11 bits per heavy atom. The molecule has 2 aromatic heterocycles. The average molecular weight is 479 g/mol. The summed E-state index contributed by atoms with van der Waals surface area (Å²) in [6.07, 6.45) is 2.52. The van der Waals surface area contributed by atoms with Crippen molar-refractivity contribution in [1.29, 1.82) is 5.26 Å². The zero-order chi connectivity index (χ0) is 24.7. The van der Waals surface area contributed by atoms with Crippen LogP contribution in [0.15, 0.2) is 36.8 Å². The predicted molar refractivity (Wildman–Crippen MR) is 122 cm³/mol. The maximum Gasteiger partial charge on any atom is 0.338 e. The third kappa shape index (κ3) is 4.40. The molecule has 0 aliphatic carbocycles. The molecule has 1 saturated heterocycles. The Bertz CT molecular complexity index is 1330. The molecule has 3 aromatic rings. The van der Waals surface area contributed by atoms with Crippen molar-refractivity contribution in [2.75, 3.05) is 13.1 Å². The number of cyclic esters (lactones) is 1. The Morgan fingerprint density at radius 1 is 1.29 bits per heavy atom. The summed E-state index contributed by atoms with van der Waals surface area (Å²) in [4.78, 5) is 18.2. The Labute approximate surface area is 201 Å². The summed E-state index contributed by atoms with van der Waals surface area (Å²) in [6, 6.07) is 6.13. The molecule has 0 spiro atoms. The number of fused-ring (bicyclic) bond motifs is 1. The number of nitrogens with one attached hydrogen (secondary N) is 1. The minimum atomic E-state index is -2.52. The lowest BCUT2D eigenvalue weighted by atomic mass is 9.92. The molecule has 5 rings (SSSR count). The van der Waals surface area contributed by atoms with Crippen LogP contribution in [-0.2, 0) is 17.9 Å². The quantitative estimate of drug-likeness (QED) is 0.563. The van der Waals surface area contributed by atoms with Crippen molar-refractivity contribution in [3.63, 3.8) is 0 Å². The highest BCUT2D eigenvalue weighted by molar-refractivity contribution is 5.94. The van der Waals surface area contributed by atoms with E-state index in [1.165, 1.54) is 6.20 Å². The van der Waals surface area contributed by atoms with Crippen molar-refractivity contribution < 1.29 is 18.3 Å². The van der Waals surface area contributed by atoms with Crippen molar-refractivity contribution in [2.45, 2.75) is 45.5 Å². The van der Waals surface area contributed by atoms with Crippen LogP contribution in [0, 0.1) is 25.2 Å². The fourth-order valence-electron chi connectivity index (χ4n) is 4.80. The summed E-state index contributed by atoms with van der Waals surface area (Å²) in [7, 11) is 0. The number of rotatable bonds is 5. The van der Waals surface area contributed by atoms with Gasteiger partial charge in [0, 0.05) is 49.2 Å². The van der Waals surface area contributed by atoms with Crippen LogP contribution in [-0.4, -0.2) is 51.2 Å². The van der Waals surface area contributed by atoms with Gasteiger partial charge in [-0.3, -0.25) is 10.2 Å². The molecular weight excluding hydrogens is 454 g/mol. The van der Waals surface area contributed by atoms with Crippen LogP contribution in [0.1, 0.15) is 49.8 Å². The topological polar surface area (TPSA) is 96.1 Å². The van der Waals surface area contributed by atoms with E-state index in [0.717, 1.165) is 27.8 Å². The number of pyridine rings is 1. The zero-order valence-corrected chi connectivity index (χ0v) is 19.3. The number of nitriles is 1. The van der Waals surface area contributed by atoms with Crippen LogP contribution >= 0.6 is 0 Å². The number of benzene rings is 1. The first kappa shape index (κ1) is 23.1.